The molecule has 1 N–H and O–H groups in total. The first-order chi connectivity index (χ1) is 7.34. The fourth-order valence-corrected chi connectivity index (χ4v) is 1.25. The average Bonchev–Trinajstić information content (AvgIpc) is 2.19. The Bertz CT molecular complexity index is 423. The lowest BCUT2D eigenvalue weighted by molar-refractivity contribution is -0.137. The van der Waals surface area contributed by atoms with Crippen LogP contribution in [0, 0.1) is 11.3 Å². The molecule has 2 nitrogen and oxygen atoms in total. The highest BCUT2D eigenvalue weighted by Gasteiger charge is 2.31. The SMILES string of the molecule is CC(C#N)Nc1cc(C(F)(F)F)ccc1Cl. The second kappa shape index (κ2) is 4.62. The topological polar surface area (TPSA) is 35.8 Å². The molecule has 0 saturated carbocycles. The van der Waals surface area contributed by atoms with Crippen molar-refractivity contribution >= 4 is 17.3 Å². The van der Waals surface area contributed by atoms with Crippen LogP contribution in [0.25, 0.3) is 0 Å². The first-order valence-corrected chi connectivity index (χ1v) is 4.75. The first-order valence-electron chi connectivity index (χ1n) is 4.37. The fourth-order valence-electron chi connectivity index (χ4n) is 1.08. The van der Waals surface area contributed by atoms with Crippen LogP contribution in [0.4, 0.5) is 18.9 Å². The van der Waals surface area contributed by atoms with Crippen LogP contribution in [0.1, 0.15) is 12.5 Å². The smallest absolute Gasteiger partial charge is 0.369 e. The summed E-state index contributed by atoms with van der Waals surface area (Å²) in [7, 11) is 0. The van der Waals surface area contributed by atoms with Gasteiger partial charge in [-0.25, -0.2) is 0 Å². The number of anilines is 1. The summed E-state index contributed by atoms with van der Waals surface area (Å²) >= 11 is 5.71. The number of hydrogen-bond donors (Lipinski definition) is 1. The molecule has 0 saturated heterocycles. The van der Waals surface area contributed by atoms with Gasteiger partial charge in [0.25, 0.3) is 0 Å². The van der Waals surface area contributed by atoms with Gasteiger partial charge in [-0.3, -0.25) is 0 Å². The molecule has 0 aromatic heterocycles. The Balaban J connectivity index is 3.05. The maximum Gasteiger partial charge on any atom is 0.416 e. The maximum absolute atomic E-state index is 12.4. The number of nitrogens with one attached hydrogen (secondary N) is 1. The summed E-state index contributed by atoms with van der Waals surface area (Å²) in [6.07, 6.45) is -4.42. The second-order valence-electron chi connectivity index (χ2n) is 3.19. The molecular weight excluding hydrogens is 241 g/mol. The van der Waals surface area contributed by atoms with Crippen LogP contribution in [-0.4, -0.2) is 6.04 Å². The number of rotatable bonds is 2. The molecule has 1 rings (SSSR count). The highest BCUT2D eigenvalue weighted by Crippen LogP contribution is 2.33. The highest BCUT2D eigenvalue weighted by molar-refractivity contribution is 6.33. The minimum atomic E-state index is -4.42. The highest BCUT2D eigenvalue weighted by atomic mass is 35.5. The molecule has 0 aliphatic carbocycles. The summed E-state index contributed by atoms with van der Waals surface area (Å²) in [5, 5.41) is 11.3. The quantitative estimate of drug-likeness (QED) is 0.867. The van der Waals surface area contributed by atoms with E-state index in [1.54, 1.807) is 0 Å². The zero-order valence-corrected chi connectivity index (χ0v) is 9.02. The van der Waals surface area contributed by atoms with Crippen LogP contribution in [0.2, 0.25) is 5.02 Å². The van der Waals surface area contributed by atoms with E-state index in [2.05, 4.69) is 5.32 Å². The van der Waals surface area contributed by atoms with Crippen molar-refractivity contribution in [1.82, 2.24) is 0 Å². The van der Waals surface area contributed by atoms with Gasteiger partial charge >= 0.3 is 6.18 Å². The number of nitriles is 1. The van der Waals surface area contributed by atoms with Gasteiger partial charge in [0.15, 0.2) is 0 Å². The molecule has 1 aromatic carbocycles. The van der Waals surface area contributed by atoms with Crippen molar-refractivity contribution in [1.29, 1.82) is 5.26 Å². The lowest BCUT2D eigenvalue weighted by Crippen LogP contribution is -2.13. The second-order valence-corrected chi connectivity index (χ2v) is 3.59. The van der Waals surface area contributed by atoms with Gasteiger partial charge < -0.3 is 5.32 Å². The van der Waals surface area contributed by atoms with E-state index in [1.807, 2.05) is 6.07 Å². The minimum Gasteiger partial charge on any atom is -0.369 e. The summed E-state index contributed by atoms with van der Waals surface area (Å²) in [4.78, 5) is 0. The van der Waals surface area contributed by atoms with Gasteiger partial charge in [-0.15, -0.1) is 0 Å². The third-order valence-electron chi connectivity index (χ3n) is 1.86. The number of hydrogen-bond acceptors (Lipinski definition) is 2. The van der Waals surface area contributed by atoms with Gasteiger partial charge in [0, 0.05) is 0 Å². The van der Waals surface area contributed by atoms with Gasteiger partial charge in [0.2, 0.25) is 0 Å². The molecule has 1 atom stereocenters. The van der Waals surface area contributed by atoms with Crippen molar-refractivity contribution in [2.45, 2.75) is 19.1 Å². The fraction of sp³-hybridized carbons (Fsp3) is 0.300. The van der Waals surface area contributed by atoms with Gasteiger partial charge in [-0.05, 0) is 25.1 Å². The third kappa shape index (κ3) is 3.04. The van der Waals surface area contributed by atoms with E-state index in [1.165, 1.54) is 6.92 Å². The van der Waals surface area contributed by atoms with Crippen LogP contribution < -0.4 is 5.32 Å². The molecule has 1 unspecified atom stereocenters. The Morgan fingerprint density at radius 2 is 2.06 bits per heavy atom. The molecule has 86 valence electrons. The summed E-state index contributed by atoms with van der Waals surface area (Å²) < 4.78 is 37.1. The largest absolute Gasteiger partial charge is 0.416 e. The van der Waals surface area contributed by atoms with Crippen LogP contribution in [0.5, 0.6) is 0 Å². The third-order valence-corrected chi connectivity index (χ3v) is 2.19. The molecule has 6 heteroatoms. The molecule has 0 bridgehead atoms. The minimum absolute atomic E-state index is 0.102. The van der Waals surface area contributed by atoms with Crippen molar-refractivity contribution in [2.24, 2.45) is 0 Å². The van der Waals surface area contributed by atoms with E-state index in [9.17, 15) is 13.2 Å². The molecule has 0 spiro atoms. The van der Waals surface area contributed by atoms with Gasteiger partial charge in [-0.1, -0.05) is 11.6 Å². The van der Waals surface area contributed by atoms with E-state index in [0.29, 0.717) is 0 Å². The van der Waals surface area contributed by atoms with Gasteiger partial charge in [0.05, 0.1) is 22.3 Å². The van der Waals surface area contributed by atoms with Crippen molar-refractivity contribution in [3.63, 3.8) is 0 Å². The van der Waals surface area contributed by atoms with Crippen LogP contribution in [0.3, 0.4) is 0 Å². The summed E-state index contributed by atoms with van der Waals surface area (Å²) in [5.41, 5.74) is -0.699. The molecule has 0 aliphatic heterocycles. The lowest BCUT2D eigenvalue weighted by atomic mass is 10.2. The molecule has 0 heterocycles. The summed E-state index contributed by atoms with van der Waals surface area (Å²) in [6, 6.07) is 4.17. The molecule has 0 radical (unpaired) electrons. The summed E-state index contributed by atoms with van der Waals surface area (Å²) in [6.45, 7) is 1.52. The van der Waals surface area contributed by atoms with E-state index < -0.39 is 17.8 Å². The average molecular weight is 249 g/mol. The first kappa shape index (κ1) is 12.7. The Kier molecular flexibility index (Phi) is 3.66. The number of alkyl halides is 3. The Morgan fingerprint density at radius 1 is 1.44 bits per heavy atom. The predicted octanol–water partition coefficient (Wildman–Crippen LogP) is 3.68. The zero-order valence-electron chi connectivity index (χ0n) is 8.27. The summed E-state index contributed by atoms with van der Waals surface area (Å²) in [5.74, 6) is 0. The maximum atomic E-state index is 12.4. The standard InChI is InChI=1S/C10H8ClF3N2/c1-6(5-15)16-9-4-7(10(12,13)14)2-3-8(9)11/h2-4,6,16H,1H3. The molecule has 1 aromatic rings. The van der Waals surface area contributed by atoms with Crippen molar-refractivity contribution in [3.05, 3.63) is 28.8 Å². The normalized spacial score (nSPS) is 13.0. The number of benzene rings is 1. The van der Waals surface area contributed by atoms with Crippen molar-refractivity contribution in [3.8, 4) is 6.07 Å². The Hall–Kier alpha value is -1.41. The van der Waals surface area contributed by atoms with Gasteiger partial charge in [-0.2, -0.15) is 18.4 Å². The number of halogens is 4. The monoisotopic (exact) mass is 248 g/mol. The lowest BCUT2D eigenvalue weighted by Gasteiger charge is -2.13. The Morgan fingerprint density at radius 3 is 2.56 bits per heavy atom. The molecule has 0 fully saturated rings. The molecule has 0 amide bonds. The van der Waals surface area contributed by atoms with Crippen LogP contribution >= 0.6 is 11.6 Å². The number of nitrogens with zero attached hydrogens (tertiary/aromatic N) is 1. The Labute approximate surface area is 95.6 Å². The zero-order chi connectivity index (χ0) is 12.3. The van der Waals surface area contributed by atoms with E-state index >= 15 is 0 Å². The van der Waals surface area contributed by atoms with Gasteiger partial charge in [0.1, 0.15) is 6.04 Å². The van der Waals surface area contributed by atoms with E-state index in [-0.39, 0.29) is 10.7 Å². The van der Waals surface area contributed by atoms with Crippen LogP contribution in [-0.2, 0) is 6.18 Å². The molecular formula is C10H8ClF3N2. The van der Waals surface area contributed by atoms with E-state index in [0.717, 1.165) is 18.2 Å². The predicted molar refractivity (Wildman–Crippen MR) is 55.2 cm³/mol. The van der Waals surface area contributed by atoms with Crippen molar-refractivity contribution in [2.75, 3.05) is 5.32 Å². The van der Waals surface area contributed by atoms with Crippen molar-refractivity contribution < 1.29 is 13.2 Å². The molecule has 0 aliphatic rings. The van der Waals surface area contributed by atoms with Crippen LogP contribution in [0.15, 0.2) is 18.2 Å². The van der Waals surface area contributed by atoms with E-state index in [4.69, 9.17) is 16.9 Å². The molecule has 16 heavy (non-hydrogen) atoms.